The van der Waals surface area contributed by atoms with Crippen LogP contribution in [0.2, 0.25) is 0 Å². The summed E-state index contributed by atoms with van der Waals surface area (Å²) in [5, 5.41) is 15.1. The number of aromatic nitrogens is 3. The van der Waals surface area contributed by atoms with E-state index in [1.807, 2.05) is 34.9 Å². The Morgan fingerprint density at radius 1 is 1.31 bits per heavy atom. The maximum Gasteiger partial charge on any atom is 0.192 e. The third kappa shape index (κ3) is 4.17. The number of ether oxygens (including phenoxy) is 1. The lowest BCUT2D eigenvalue weighted by atomic mass is 9.96. The zero-order chi connectivity index (χ0) is 17.1. The number of halogens is 1. The molecule has 2 aliphatic heterocycles. The van der Waals surface area contributed by atoms with Crippen molar-refractivity contribution in [3.8, 4) is 5.69 Å². The van der Waals surface area contributed by atoms with Gasteiger partial charge in [0.25, 0.3) is 0 Å². The van der Waals surface area contributed by atoms with E-state index in [0.29, 0.717) is 24.8 Å². The summed E-state index contributed by atoms with van der Waals surface area (Å²) >= 11 is 0. The number of benzene rings is 1. The monoisotopic (exact) mass is 468 g/mol. The highest BCUT2D eigenvalue weighted by Crippen LogP contribution is 2.34. The number of para-hydroxylation sites is 1. The lowest BCUT2D eigenvalue weighted by Gasteiger charge is -2.22. The van der Waals surface area contributed by atoms with E-state index in [1.165, 1.54) is 6.42 Å². The van der Waals surface area contributed by atoms with E-state index in [-0.39, 0.29) is 24.0 Å². The summed E-state index contributed by atoms with van der Waals surface area (Å²) in [4.78, 5) is 4.70. The minimum atomic E-state index is 0. The predicted molar refractivity (Wildman–Crippen MR) is 111 cm³/mol. The lowest BCUT2D eigenvalue weighted by Crippen LogP contribution is -2.47. The molecule has 2 N–H and O–H groups in total. The number of fused-ring (bicyclic) bond motifs is 2. The average Bonchev–Trinajstić information content (AvgIpc) is 3.37. The number of guanidine groups is 1. The maximum atomic E-state index is 5.92. The number of rotatable bonds is 5. The van der Waals surface area contributed by atoms with E-state index in [2.05, 4.69) is 27.8 Å². The van der Waals surface area contributed by atoms with Gasteiger partial charge >= 0.3 is 0 Å². The third-order valence-corrected chi connectivity index (χ3v) is 4.80. The van der Waals surface area contributed by atoms with Crippen molar-refractivity contribution in [1.29, 1.82) is 0 Å². The van der Waals surface area contributed by atoms with E-state index in [4.69, 9.17) is 9.73 Å². The van der Waals surface area contributed by atoms with Crippen molar-refractivity contribution in [2.75, 3.05) is 6.54 Å². The Kier molecular flexibility index (Phi) is 6.47. The standard InChI is InChI=1S/C18H24N6O.HI/c1-2-19-18(22-15-10-14-8-9-16(15)25-14)20-11-17-23-21-12-24(17)13-6-4-3-5-7-13;/h3-7,12,14-16H,2,8-11H2,1H3,(H2,19,20,22);1H. The van der Waals surface area contributed by atoms with Crippen molar-refractivity contribution in [1.82, 2.24) is 25.4 Å². The average molecular weight is 468 g/mol. The Balaban J connectivity index is 0.00000196. The fourth-order valence-electron chi connectivity index (χ4n) is 3.61. The summed E-state index contributed by atoms with van der Waals surface area (Å²) in [6.45, 7) is 3.35. The molecule has 2 saturated heterocycles. The molecule has 0 saturated carbocycles. The molecule has 2 fully saturated rings. The van der Waals surface area contributed by atoms with E-state index in [9.17, 15) is 0 Å². The summed E-state index contributed by atoms with van der Waals surface area (Å²) in [6.07, 6.45) is 5.87. The second-order valence-corrected chi connectivity index (χ2v) is 6.51. The molecule has 3 atom stereocenters. The molecule has 2 bridgehead atoms. The van der Waals surface area contributed by atoms with Crippen LogP contribution in [0.15, 0.2) is 41.7 Å². The van der Waals surface area contributed by atoms with Gasteiger partial charge in [0.15, 0.2) is 11.8 Å². The molecular formula is C18H25IN6O. The van der Waals surface area contributed by atoms with Crippen LogP contribution in [0, 0.1) is 0 Å². The number of aliphatic imine (C=N–C) groups is 1. The summed E-state index contributed by atoms with van der Waals surface area (Å²) in [7, 11) is 0. The molecular weight excluding hydrogens is 443 g/mol. The number of nitrogens with one attached hydrogen (secondary N) is 2. The first-order valence-corrected chi connectivity index (χ1v) is 8.98. The van der Waals surface area contributed by atoms with E-state index < -0.39 is 0 Å². The van der Waals surface area contributed by atoms with Crippen LogP contribution < -0.4 is 10.6 Å². The largest absolute Gasteiger partial charge is 0.373 e. The molecule has 26 heavy (non-hydrogen) atoms. The SMILES string of the molecule is CCNC(=NCc1nncn1-c1ccccc1)NC1CC2CCC1O2.I. The molecule has 3 heterocycles. The number of nitrogens with zero attached hydrogens (tertiary/aromatic N) is 4. The highest BCUT2D eigenvalue weighted by atomic mass is 127. The van der Waals surface area contributed by atoms with Crippen molar-refractivity contribution in [3.63, 3.8) is 0 Å². The molecule has 1 aromatic heterocycles. The molecule has 8 heteroatoms. The highest BCUT2D eigenvalue weighted by molar-refractivity contribution is 14.0. The van der Waals surface area contributed by atoms with Gasteiger partial charge in [-0.1, -0.05) is 18.2 Å². The molecule has 4 rings (SSSR count). The fraction of sp³-hybridized carbons (Fsp3) is 0.500. The van der Waals surface area contributed by atoms with Crippen LogP contribution in [0.3, 0.4) is 0 Å². The summed E-state index contributed by atoms with van der Waals surface area (Å²) < 4.78 is 7.89. The Labute approximate surface area is 170 Å². The van der Waals surface area contributed by atoms with Crippen LogP contribution in [0.4, 0.5) is 0 Å². The van der Waals surface area contributed by atoms with Crippen LogP contribution >= 0.6 is 24.0 Å². The fourth-order valence-corrected chi connectivity index (χ4v) is 3.61. The second-order valence-electron chi connectivity index (χ2n) is 6.51. The van der Waals surface area contributed by atoms with Gasteiger partial charge in [0.2, 0.25) is 0 Å². The zero-order valence-corrected chi connectivity index (χ0v) is 17.2. The summed E-state index contributed by atoms with van der Waals surface area (Å²) in [5.74, 6) is 1.62. The first-order valence-electron chi connectivity index (χ1n) is 8.98. The summed E-state index contributed by atoms with van der Waals surface area (Å²) in [5.41, 5.74) is 1.04. The van der Waals surface area contributed by atoms with E-state index in [0.717, 1.165) is 36.9 Å². The zero-order valence-electron chi connectivity index (χ0n) is 14.8. The Bertz CT molecular complexity index is 734. The topological polar surface area (TPSA) is 76.4 Å². The predicted octanol–water partition coefficient (Wildman–Crippen LogP) is 2.26. The van der Waals surface area contributed by atoms with Gasteiger partial charge in [-0.25, -0.2) is 4.99 Å². The first kappa shape index (κ1) is 19.1. The van der Waals surface area contributed by atoms with Gasteiger partial charge in [-0.2, -0.15) is 0 Å². The first-order chi connectivity index (χ1) is 12.3. The normalized spacial score (nSPS) is 24.3. The molecule has 2 aliphatic rings. The van der Waals surface area contributed by atoms with Gasteiger partial charge in [0.05, 0.1) is 18.2 Å². The molecule has 0 radical (unpaired) electrons. The van der Waals surface area contributed by atoms with Crippen molar-refractivity contribution in [3.05, 3.63) is 42.5 Å². The Hall–Kier alpha value is -1.68. The Morgan fingerprint density at radius 2 is 2.15 bits per heavy atom. The van der Waals surface area contributed by atoms with Crippen molar-refractivity contribution < 1.29 is 4.74 Å². The minimum absolute atomic E-state index is 0. The van der Waals surface area contributed by atoms with Crippen LogP contribution in [0.25, 0.3) is 5.69 Å². The quantitative estimate of drug-likeness (QED) is 0.400. The van der Waals surface area contributed by atoms with E-state index in [1.54, 1.807) is 6.33 Å². The van der Waals surface area contributed by atoms with Crippen LogP contribution in [-0.4, -0.2) is 45.5 Å². The lowest BCUT2D eigenvalue weighted by molar-refractivity contribution is 0.0992. The van der Waals surface area contributed by atoms with Gasteiger partial charge in [-0.15, -0.1) is 34.2 Å². The molecule has 1 aromatic carbocycles. The third-order valence-electron chi connectivity index (χ3n) is 4.80. The number of hydrogen-bond acceptors (Lipinski definition) is 4. The molecule has 3 unspecified atom stereocenters. The summed E-state index contributed by atoms with van der Waals surface area (Å²) in [6, 6.07) is 10.4. The van der Waals surface area contributed by atoms with Crippen LogP contribution in [0.1, 0.15) is 32.0 Å². The second kappa shape index (κ2) is 8.81. The molecule has 0 aliphatic carbocycles. The van der Waals surface area contributed by atoms with Crippen molar-refractivity contribution >= 4 is 29.9 Å². The maximum absolute atomic E-state index is 5.92. The van der Waals surface area contributed by atoms with Crippen LogP contribution in [-0.2, 0) is 11.3 Å². The van der Waals surface area contributed by atoms with Crippen molar-refractivity contribution in [2.24, 2.45) is 4.99 Å². The molecule has 0 spiro atoms. The Morgan fingerprint density at radius 3 is 2.85 bits per heavy atom. The van der Waals surface area contributed by atoms with Gasteiger partial charge in [-0.05, 0) is 38.3 Å². The van der Waals surface area contributed by atoms with Crippen LogP contribution in [0.5, 0.6) is 0 Å². The van der Waals surface area contributed by atoms with Gasteiger partial charge in [0, 0.05) is 12.2 Å². The smallest absolute Gasteiger partial charge is 0.192 e. The van der Waals surface area contributed by atoms with Gasteiger partial charge in [0.1, 0.15) is 12.9 Å². The highest BCUT2D eigenvalue weighted by Gasteiger charge is 2.41. The number of hydrogen-bond donors (Lipinski definition) is 2. The molecule has 0 amide bonds. The van der Waals surface area contributed by atoms with E-state index >= 15 is 0 Å². The molecule has 2 aromatic rings. The molecule has 7 nitrogen and oxygen atoms in total. The van der Waals surface area contributed by atoms with Gasteiger partial charge in [-0.3, -0.25) is 4.57 Å². The van der Waals surface area contributed by atoms with Crippen molar-refractivity contribution in [2.45, 2.75) is 51.0 Å². The minimum Gasteiger partial charge on any atom is -0.373 e. The van der Waals surface area contributed by atoms with Gasteiger partial charge < -0.3 is 15.4 Å². The molecule has 140 valence electrons.